The molecule has 1 amide bonds. The third-order valence-electron chi connectivity index (χ3n) is 2.76. The maximum absolute atomic E-state index is 12.4. The molecule has 1 saturated heterocycles. The van der Waals surface area contributed by atoms with Crippen LogP contribution in [-0.4, -0.2) is 36.3 Å². The van der Waals surface area contributed by atoms with Crippen LogP contribution in [0, 0.1) is 0 Å². The fourth-order valence-electron chi connectivity index (χ4n) is 2.01. The van der Waals surface area contributed by atoms with Gasteiger partial charge in [0.15, 0.2) is 0 Å². The molecule has 8 heteroatoms. The second-order valence-corrected chi connectivity index (χ2v) is 7.08. The SMILES string of the molecule is CC(=O)NC1CCCCN1S(=O)(=O)c1nccs1. The van der Waals surface area contributed by atoms with Crippen molar-refractivity contribution in [3.63, 3.8) is 0 Å². The van der Waals surface area contributed by atoms with E-state index in [1.807, 2.05) is 0 Å². The molecule has 6 nitrogen and oxygen atoms in total. The molecule has 0 saturated carbocycles. The van der Waals surface area contributed by atoms with Crippen molar-refractivity contribution in [1.29, 1.82) is 0 Å². The van der Waals surface area contributed by atoms with Crippen LogP contribution < -0.4 is 5.32 Å². The summed E-state index contributed by atoms with van der Waals surface area (Å²) in [5.41, 5.74) is 0. The molecule has 1 aliphatic rings. The molecule has 100 valence electrons. The minimum Gasteiger partial charge on any atom is -0.340 e. The Labute approximate surface area is 110 Å². The van der Waals surface area contributed by atoms with Crippen LogP contribution in [0.2, 0.25) is 0 Å². The summed E-state index contributed by atoms with van der Waals surface area (Å²) in [5, 5.41) is 4.31. The highest BCUT2D eigenvalue weighted by atomic mass is 32.2. The van der Waals surface area contributed by atoms with Crippen LogP contribution in [0.25, 0.3) is 0 Å². The molecule has 1 atom stereocenters. The predicted molar refractivity (Wildman–Crippen MR) is 67.5 cm³/mol. The van der Waals surface area contributed by atoms with Crippen molar-refractivity contribution in [2.45, 2.75) is 36.7 Å². The van der Waals surface area contributed by atoms with Crippen LogP contribution in [0.1, 0.15) is 26.2 Å². The first-order chi connectivity index (χ1) is 8.51. The van der Waals surface area contributed by atoms with Crippen LogP contribution >= 0.6 is 11.3 Å². The van der Waals surface area contributed by atoms with E-state index in [0.717, 1.165) is 24.2 Å². The second kappa shape index (κ2) is 5.33. The lowest BCUT2D eigenvalue weighted by molar-refractivity contribution is -0.120. The molecule has 18 heavy (non-hydrogen) atoms. The Balaban J connectivity index is 2.26. The molecule has 1 aromatic heterocycles. The van der Waals surface area contributed by atoms with E-state index in [2.05, 4.69) is 10.3 Å². The van der Waals surface area contributed by atoms with Crippen molar-refractivity contribution in [3.8, 4) is 0 Å². The number of hydrogen-bond acceptors (Lipinski definition) is 5. The molecular weight excluding hydrogens is 274 g/mol. The van der Waals surface area contributed by atoms with Crippen LogP contribution in [-0.2, 0) is 14.8 Å². The quantitative estimate of drug-likeness (QED) is 0.892. The fourth-order valence-corrected chi connectivity index (χ4v) is 4.57. The number of rotatable bonds is 3. The number of thiazole rings is 1. The van der Waals surface area contributed by atoms with Crippen molar-refractivity contribution < 1.29 is 13.2 Å². The van der Waals surface area contributed by atoms with Crippen molar-refractivity contribution >= 4 is 27.3 Å². The van der Waals surface area contributed by atoms with Gasteiger partial charge in [-0.15, -0.1) is 11.3 Å². The largest absolute Gasteiger partial charge is 0.340 e. The van der Waals surface area contributed by atoms with Gasteiger partial charge in [-0.05, 0) is 19.3 Å². The lowest BCUT2D eigenvalue weighted by atomic mass is 10.1. The summed E-state index contributed by atoms with van der Waals surface area (Å²) in [6, 6.07) is 0. The van der Waals surface area contributed by atoms with Crippen LogP contribution in [0.5, 0.6) is 0 Å². The number of nitrogens with zero attached hydrogens (tertiary/aromatic N) is 2. The van der Waals surface area contributed by atoms with Crippen molar-refractivity contribution in [2.75, 3.05) is 6.54 Å². The fraction of sp³-hybridized carbons (Fsp3) is 0.600. The maximum Gasteiger partial charge on any atom is 0.272 e. The summed E-state index contributed by atoms with van der Waals surface area (Å²) in [6.07, 6.45) is 3.37. The summed E-state index contributed by atoms with van der Waals surface area (Å²) in [5.74, 6) is -0.221. The number of nitrogens with one attached hydrogen (secondary N) is 1. The summed E-state index contributed by atoms with van der Waals surface area (Å²) in [7, 11) is -3.59. The Hall–Kier alpha value is -0.990. The van der Waals surface area contributed by atoms with E-state index in [9.17, 15) is 13.2 Å². The van der Waals surface area contributed by atoms with E-state index in [1.54, 1.807) is 5.38 Å². The monoisotopic (exact) mass is 289 g/mol. The van der Waals surface area contributed by atoms with Gasteiger partial charge in [-0.25, -0.2) is 13.4 Å². The van der Waals surface area contributed by atoms with Gasteiger partial charge in [0, 0.05) is 25.0 Å². The van der Waals surface area contributed by atoms with Crippen LogP contribution in [0.4, 0.5) is 0 Å². The molecule has 1 aromatic rings. The summed E-state index contributed by atoms with van der Waals surface area (Å²) < 4.78 is 26.2. The first kappa shape index (κ1) is 13.4. The van der Waals surface area contributed by atoms with E-state index in [1.165, 1.54) is 17.4 Å². The molecule has 0 radical (unpaired) electrons. The molecule has 1 N–H and O–H groups in total. The Bertz CT molecular complexity index is 512. The van der Waals surface area contributed by atoms with Gasteiger partial charge in [0.05, 0.1) is 6.17 Å². The normalized spacial score (nSPS) is 21.7. The summed E-state index contributed by atoms with van der Waals surface area (Å²) in [6.45, 7) is 1.82. The highest BCUT2D eigenvalue weighted by Crippen LogP contribution is 2.25. The molecular formula is C10H15N3O3S2. The molecule has 2 heterocycles. The Morgan fingerprint density at radius 2 is 2.33 bits per heavy atom. The molecule has 1 aliphatic heterocycles. The summed E-state index contributed by atoms with van der Waals surface area (Å²) in [4.78, 5) is 15.0. The van der Waals surface area contributed by atoms with E-state index < -0.39 is 16.2 Å². The first-order valence-electron chi connectivity index (χ1n) is 5.70. The highest BCUT2D eigenvalue weighted by molar-refractivity contribution is 7.91. The van der Waals surface area contributed by atoms with E-state index in [0.29, 0.717) is 13.0 Å². The first-order valence-corrected chi connectivity index (χ1v) is 8.02. The van der Waals surface area contributed by atoms with E-state index in [4.69, 9.17) is 0 Å². The number of sulfonamides is 1. The molecule has 2 rings (SSSR count). The van der Waals surface area contributed by atoms with Crippen LogP contribution in [0.3, 0.4) is 0 Å². The zero-order chi connectivity index (χ0) is 13.2. The maximum atomic E-state index is 12.4. The topological polar surface area (TPSA) is 79.4 Å². The average molecular weight is 289 g/mol. The highest BCUT2D eigenvalue weighted by Gasteiger charge is 2.35. The lowest BCUT2D eigenvalue weighted by Crippen LogP contribution is -2.52. The van der Waals surface area contributed by atoms with Crippen molar-refractivity contribution in [3.05, 3.63) is 11.6 Å². The van der Waals surface area contributed by atoms with Gasteiger partial charge in [-0.3, -0.25) is 4.79 Å². The summed E-state index contributed by atoms with van der Waals surface area (Å²) >= 11 is 1.09. The number of hydrogen-bond donors (Lipinski definition) is 1. The predicted octanol–water partition coefficient (Wildman–Crippen LogP) is 0.780. The molecule has 1 unspecified atom stereocenters. The van der Waals surface area contributed by atoms with E-state index in [-0.39, 0.29) is 10.2 Å². The number of aromatic nitrogens is 1. The minimum absolute atomic E-state index is 0.0831. The van der Waals surface area contributed by atoms with Gasteiger partial charge in [-0.2, -0.15) is 4.31 Å². The molecule has 0 aromatic carbocycles. The van der Waals surface area contributed by atoms with Gasteiger partial charge in [0.1, 0.15) is 0 Å². The lowest BCUT2D eigenvalue weighted by Gasteiger charge is -2.33. The number of carbonyl (C=O) groups is 1. The Kier molecular flexibility index (Phi) is 3.98. The average Bonchev–Trinajstić information content (AvgIpc) is 2.82. The number of piperidine rings is 1. The zero-order valence-corrected chi connectivity index (χ0v) is 11.6. The smallest absolute Gasteiger partial charge is 0.272 e. The van der Waals surface area contributed by atoms with Crippen molar-refractivity contribution in [1.82, 2.24) is 14.6 Å². The van der Waals surface area contributed by atoms with Gasteiger partial charge in [0.2, 0.25) is 10.2 Å². The zero-order valence-electron chi connectivity index (χ0n) is 10.00. The molecule has 1 fully saturated rings. The Morgan fingerprint density at radius 1 is 1.56 bits per heavy atom. The van der Waals surface area contributed by atoms with Gasteiger partial charge < -0.3 is 5.32 Å². The van der Waals surface area contributed by atoms with Gasteiger partial charge in [0.25, 0.3) is 10.0 Å². The number of amides is 1. The standard InChI is InChI=1S/C10H15N3O3S2/c1-8(14)12-9-4-2-3-6-13(9)18(15,16)10-11-5-7-17-10/h5,7,9H,2-4,6H2,1H3,(H,12,14). The molecule has 0 bridgehead atoms. The van der Waals surface area contributed by atoms with Gasteiger partial charge in [-0.1, -0.05) is 0 Å². The van der Waals surface area contributed by atoms with Crippen LogP contribution in [0.15, 0.2) is 15.9 Å². The molecule has 0 spiro atoms. The third kappa shape index (κ3) is 2.70. The second-order valence-electron chi connectivity index (χ2n) is 4.13. The van der Waals surface area contributed by atoms with Gasteiger partial charge >= 0.3 is 0 Å². The molecule has 0 aliphatic carbocycles. The van der Waals surface area contributed by atoms with Crippen molar-refractivity contribution in [2.24, 2.45) is 0 Å². The Morgan fingerprint density at radius 3 is 2.94 bits per heavy atom. The number of carbonyl (C=O) groups excluding carboxylic acids is 1. The van der Waals surface area contributed by atoms with E-state index >= 15 is 0 Å². The third-order valence-corrected chi connectivity index (χ3v) is 5.85. The minimum atomic E-state index is -3.59.